The maximum Gasteiger partial charge on any atom is 0.309 e. The van der Waals surface area contributed by atoms with Crippen molar-refractivity contribution in [1.29, 1.82) is 5.26 Å². The number of amides is 1. The first-order chi connectivity index (χ1) is 16.1. The van der Waals surface area contributed by atoms with Crippen LogP contribution in [0.1, 0.15) is 29.5 Å². The number of hydrogen-bond donors (Lipinski definition) is 0. The van der Waals surface area contributed by atoms with Crippen molar-refractivity contribution in [2.75, 3.05) is 31.1 Å². The second kappa shape index (κ2) is 10.8. The summed E-state index contributed by atoms with van der Waals surface area (Å²) >= 11 is 0. The molecular weight excluding hydrogens is 454 g/mol. The van der Waals surface area contributed by atoms with Crippen LogP contribution in [0, 0.1) is 38.0 Å². The molecule has 1 amide bonds. The highest BCUT2D eigenvalue weighted by Gasteiger charge is 2.34. The summed E-state index contributed by atoms with van der Waals surface area (Å²) in [5.74, 6) is -1.51. The summed E-state index contributed by atoms with van der Waals surface area (Å²) in [6.45, 7) is 5.28. The fourth-order valence-electron chi connectivity index (χ4n) is 4.37. The Morgan fingerprint density at radius 2 is 1.68 bits per heavy atom. The second-order valence-corrected chi connectivity index (χ2v) is 10.4. The first kappa shape index (κ1) is 25.4. The van der Waals surface area contributed by atoms with Gasteiger partial charge in [-0.3, -0.25) is 14.5 Å². The average molecular weight is 484 g/mol. The molecule has 34 heavy (non-hydrogen) atoms. The van der Waals surface area contributed by atoms with E-state index in [9.17, 15) is 18.0 Å². The third-order valence-electron chi connectivity index (χ3n) is 5.93. The average Bonchev–Trinajstić information content (AvgIpc) is 2.80. The molecule has 0 aliphatic carbocycles. The van der Waals surface area contributed by atoms with Crippen LogP contribution < -0.4 is 4.90 Å². The maximum absolute atomic E-state index is 13.2. The first-order valence-corrected chi connectivity index (χ1v) is 12.6. The molecule has 3 rings (SSSR count). The summed E-state index contributed by atoms with van der Waals surface area (Å²) in [5.41, 5.74) is 2.96. The molecule has 1 aliphatic rings. The highest BCUT2D eigenvalue weighted by molar-refractivity contribution is 7.89. The number of ether oxygens (including phenoxy) is 1. The SMILES string of the molecule is Cc1cc(C)c(S(=O)(=O)N2CCC(C(=O)OCC(=O)N(CC#N)c3ccccc3)CC2)c(C)c1. The van der Waals surface area contributed by atoms with Crippen molar-refractivity contribution in [1.82, 2.24) is 4.31 Å². The van der Waals surface area contributed by atoms with Crippen LogP contribution in [0.2, 0.25) is 0 Å². The lowest BCUT2D eigenvalue weighted by Gasteiger charge is -2.31. The summed E-state index contributed by atoms with van der Waals surface area (Å²) in [7, 11) is -3.67. The van der Waals surface area contributed by atoms with Crippen molar-refractivity contribution < 1.29 is 22.7 Å². The van der Waals surface area contributed by atoms with Crippen molar-refractivity contribution in [3.05, 3.63) is 59.2 Å². The number of aryl methyl sites for hydroxylation is 3. The lowest BCUT2D eigenvalue weighted by Crippen LogP contribution is -2.41. The molecule has 0 unspecified atom stereocenters. The molecular formula is C25H29N3O5S. The largest absolute Gasteiger partial charge is 0.455 e. The quantitative estimate of drug-likeness (QED) is 0.442. The van der Waals surface area contributed by atoms with E-state index in [-0.39, 0.29) is 19.6 Å². The Bertz CT molecular complexity index is 1170. The van der Waals surface area contributed by atoms with Gasteiger partial charge in [-0.2, -0.15) is 9.57 Å². The van der Waals surface area contributed by atoms with E-state index >= 15 is 0 Å². The number of rotatable bonds is 7. The van der Waals surface area contributed by atoms with E-state index in [0.717, 1.165) is 5.56 Å². The van der Waals surface area contributed by atoms with E-state index in [2.05, 4.69) is 0 Å². The van der Waals surface area contributed by atoms with Gasteiger partial charge in [0, 0.05) is 18.8 Å². The smallest absolute Gasteiger partial charge is 0.309 e. The number of nitriles is 1. The van der Waals surface area contributed by atoms with E-state index in [1.54, 1.807) is 44.2 Å². The van der Waals surface area contributed by atoms with Crippen LogP contribution in [0.4, 0.5) is 5.69 Å². The molecule has 2 aromatic carbocycles. The zero-order valence-electron chi connectivity index (χ0n) is 19.7. The molecule has 9 heteroatoms. The highest BCUT2D eigenvalue weighted by Crippen LogP contribution is 2.29. The topological polar surface area (TPSA) is 108 Å². The van der Waals surface area contributed by atoms with Gasteiger partial charge in [-0.25, -0.2) is 8.42 Å². The van der Waals surface area contributed by atoms with E-state index in [4.69, 9.17) is 10.00 Å². The molecule has 0 aromatic heterocycles. The zero-order chi connectivity index (χ0) is 24.9. The monoisotopic (exact) mass is 483 g/mol. The summed E-state index contributed by atoms with van der Waals surface area (Å²) in [4.78, 5) is 26.7. The van der Waals surface area contributed by atoms with Crippen molar-refractivity contribution in [3.63, 3.8) is 0 Å². The minimum atomic E-state index is -3.67. The number of para-hydroxylation sites is 1. The molecule has 1 aliphatic heterocycles. The van der Waals surface area contributed by atoms with Crippen LogP contribution in [0.25, 0.3) is 0 Å². The Hall–Kier alpha value is -3.22. The number of carbonyl (C=O) groups is 2. The van der Waals surface area contributed by atoms with Crippen molar-refractivity contribution in [2.45, 2.75) is 38.5 Å². The van der Waals surface area contributed by atoms with Gasteiger partial charge in [-0.05, 0) is 56.9 Å². The Labute approximate surface area is 200 Å². The zero-order valence-corrected chi connectivity index (χ0v) is 20.5. The molecule has 1 fully saturated rings. The predicted molar refractivity (Wildman–Crippen MR) is 128 cm³/mol. The minimum Gasteiger partial charge on any atom is -0.455 e. The predicted octanol–water partition coefficient (Wildman–Crippen LogP) is 3.11. The van der Waals surface area contributed by atoms with Gasteiger partial charge in [0.05, 0.1) is 16.9 Å². The van der Waals surface area contributed by atoms with Crippen LogP contribution in [0.3, 0.4) is 0 Å². The van der Waals surface area contributed by atoms with Crippen LogP contribution in [-0.2, 0) is 24.3 Å². The molecule has 0 N–H and O–H groups in total. The molecule has 8 nitrogen and oxygen atoms in total. The van der Waals surface area contributed by atoms with Gasteiger partial charge in [-0.1, -0.05) is 35.9 Å². The molecule has 0 atom stereocenters. The number of benzene rings is 2. The van der Waals surface area contributed by atoms with Crippen molar-refractivity contribution in [2.24, 2.45) is 5.92 Å². The summed E-state index contributed by atoms with van der Waals surface area (Å²) in [6, 6.07) is 14.3. The third kappa shape index (κ3) is 5.64. The number of sulfonamides is 1. The van der Waals surface area contributed by atoms with E-state index < -0.39 is 34.4 Å². The summed E-state index contributed by atoms with van der Waals surface area (Å²) < 4.78 is 33.1. The van der Waals surface area contributed by atoms with Gasteiger partial charge in [0.15, 0.2) is 6.61 Å². The number of nitrogens with zero attached hydrogens (tertiary/aromatic N) is 3. The van der Waals surface area contributed by atoms with E-state index in [1.807, 2.05) is 25.1 Å². The van der Waals surface area contributed by atoms with Gasteiger partial charge < -0.3 is 4.74 Å². The first-order valence-electron chi connectivity index (χ1n) is 11.1. The summed E-state index contributed by atoms with van der Waals surface area (Å²) in [6.07, 6.45) is 0.633. The third-order valence-corrected chi connectivity index (χ3v) is 8.13. The number of esters is 1. The number of piperidine rings is 1. The lowest BCUT2D eigenvalue weighted by atomic mass is 9.98. The van der Waals surface area contributed by atoms with E-state index in [1.165, 1.54) is 9.21 Å². The Kier molecular flexibility index (Phi) is 8.07. The molecule has 180 valence electrons. The molecule has 1 saturated heterocycles. The highest BCUT2D eigenvalue weighted by atomic mass is 32.2. The number of anilines is 1. The van der Waals surface area contributed by atoms with Gasteiger partial charge in [0.1, 0.15) is 6.54 Å². The van der Waals surface area contributed by atoms with Crippen LogP contribution in [0.5, 0.6) is 0 Å². The van der Waals surface area contributed by atoms with Crippen LogP contribution in [0.15, 0.2) is 47.4 Å². The Balaban J connectivity index is 1.59. The molecule has 0 spiro atoms. The fourth-order valence-corrected chi connectivity index (χ4v) is 6.25. The molecule has 0 radical (unpaired) electrons. The van der Waals surface area contributed by atoms with Crippen LogP contribution in [-0.4, -0.2) is 50.8 Å². The van der Waals surface area contributed by atoms with Gasteiger partial charge in [0.2, 0.25) is 10.0 Å². The Morgan fingerprint density at radius 3 is 2.24 bits per heavy atom. The van der Waals surface area contributed by atoms with Gasteiger partial charge in [-0.15, -0.1) is 0 Å². The Morgan fingerprint density at radius 1 is 1.09 bits per heavy atom. The number of hydrogen-bond acceptors (Lipinski definition) is 6. The molecule has 0 saturated carbocycles. The van der Waals surface area contributed by atoms with Gasteiger partial charge in [0.25, 0.3) is 5.91 Å². The van der Waals surface area contributed by atoms with Crippen molar-refractivity contribution >= 4 is 27.6 Å². The maximum atomic E-state index is 13.2. The summed E-state index contributed by atoms with van der Waals surface area (Å²) in [5, 5.41) is 9.04. The molecule has 1 heterocycles. The minimum absolute atomic E-state index is 0.158. The second-order valence-electron chi connectivity index (χ2n) is 8.49. The van der Waals surface area contributed by atoms with Crippen LogP contribution >= 0.6 is 0 Å². The van der Waals surface area contributed by atoms with Crippen molar-refractivity contribution in [3.8, 4) is 6.07 Å². The van der Waals surface area contributed by atoms with Gasteiger partial charge >= 0.3 is 5.97 Å². The number of carbonyl (C=O) groups excluding carboxylic acids is 2. The fraction of sp³-hybridized carbons (Fsp3) is 0.400. The normalized spacial score (nSPS) is 14.9. The molecule has 0 bridgehead atoms. The standard InChI is InChI=1S/C25H29N3O5S/c1-18-15-19(2)24(20(3)16-18)34(31,32)27-12-9-21(10-13-27)25(30)33-17-23(29)28(14-11-26)22-7-5-4-6-8-22/h4-8,15-16,21H,9-10,12-14,17H2,1-3H3. The lowest BCUT2D eigenvalue weighted by molar-refractivity contribution is -0.153. The van der Waals surface area contributed by atoms with E-state index in [0.29, 0.717) is 34.6 Å². The molecule has 2 aromatic rings.